The van der Waals surface area contributed by atoms with Gasteiger partial charge in [-0.2, -0.15) is 0 Å². The highest BCUT2D eigenvalue weighted by Crippen LogP contribution is 2.25. The molecule has 1 aliphatic rings. The van der Waals surface area contributed by atoms with Gasteiger partial charge >= 0.3 is 0 Å². The Balaban J connectivity index is 1.91. The van der Waals surface area contributed by atoms with Crippen molar-refractivity contribution in [3.8, 4) is 0 Å². The van der Waals surface area contributed by atoms with Crippen LogP contribution in [0.5, 0.6) is 0 Å². The lowest BCUT2D eigenvalue weighted by Gasteiger charge is -2.17. The number of hydrogen-bond donors (Lipinski definition) is 1. The van der Waals surface area contributed by atoms with Gasteiger partial charge in [0.2, 0.25) is 0 Å². The lowest BCUT2D eigenvalue weighted by atomic mass is 9.92. The number of fused-ring (bicyclic) bond motifs is 1. The molecule has 20 heavy (non-hydrogen) atoms. The molecule has 1 aromatic carbocycles. The summed E-state index contributed by atoms with van der Waals surface area (Å²) < 4.78 is 27.2. The molecule has 3 rings (SSSR count). The average molecular weight is 288 g/mol. The van der Waals surface area contributed by atoms with Crippen LogP contribution in [0.2, 0.25) is 0 Å². The molecule has 1 heterocycles. The smallest absolute Gasteiger partial charge is 0.261 e. The van der Waals surface area contributed by atoms with E-state index in [4.69, 9.17) is 0 Å². The van der Waals surface area contributed by atoms with E-state index in [1.807, 2.05) is 6.07 Å². The molecule has 1 aliphatic carbocycles. The monoisotopic (exact) mass is 288 g/mol. The van der Waals surface area contributed by atoms with Crippen molar-refractivity contribution in [2.75, 3.05) is 4.72 Å². The quantitative estimate of drug-likeness (QED) is 0.944. The SMILES string of the molecule is O=S(=O)(Nc1cccnc1)c1ccc2c(c1)CCCC2. The molecule has 0 spiro atoms. The van der Waals surface area contributed by atoms with Gasteiger partial charge < -0.3 is 0 Å². The van der Waals surface area contributed by atoms with E-state index < -0.39 is 10.0 Å². The summed E-state index contributed by atoms with van der Waals surface area (Å²) in [7, 11) is -3.54. The molecule has 4 nitrogen and oxygen atoms in total. The number of benzene rings is 1. The highest BCUT2D eigenvalue weighted by atomic mass is 32.2. The third kappa shape index (κ3) is 2.67. The second kappa shape index (κ2) is 5.25. The van der Waals surface area contributed by atoms with E-state index in [2.05, 4.69) is 9.71 Å². The van der Waals surface area contributed by atoms with Crippen molar-refractivity contribution in [3.05, 3.63) is 53.9 Å². The summed E-state index contributed by atoms with van der Waals surface area (Å²) in [6.07, 6.45) is 7.43. The highest BCUT2D eigenvalue weighted by Gasteiger charge is 2.17. The molecule has 5 heteroatoms. The van der Waals surface area contributed by atoms with Gasteiger partial charge in [0.25, 0.3) is 10.0 Å². The van der Waals surface area contributed by atoms with Crippen LogP contribution in [0.1, 0.15) is 24.0 Å². The van der Waals surface area contributed by atoms with Crippen LogP contribution in [0.4, 0.5) is 5.69 Å². The first-order valence-corrected chi connectivity index (χ1v) is 8.18. The first-order valence-electron chi connectivity index (χ1n) is 6.70. The first-order chi connectivity index (χ1) is 9.65. The molecule has 0 unspecified atom stereocenters. The second-order valence-electron chi connectivity index (χ2n) is 4.98. The molecule has 0 bridgehead atoms. The Hall–Kier alpha value is -1.88. The Morgan fingerprint density at radius 3 is 2.60 bits per heavy atom. The van der Waals surface area contributed by atoms with Gasteiger partial charge in [0.1, 0.15) is 0 Å². The van der Waals surface area contributed by atoms with Gasteiger partial charge in [-0.15, -0.1) is 0 Å². The van der Waals surface area contributed by atoms with Crippen molar-refractivity contribution in [2.24, 2.45) is 0 Å². The van der Waals surface area contributed by atoms with Crippen LogP contribution in [0, 0.1) is 0 Å². The Morgan fingerprint density at radius 2 is 1.85 bits per heavy atom. The van der Waals surface area contributed by atoms with Crippen molar-refractivity contribution in [1.82, 2.24) is 4.98 Å². The summed E-state index contributed by atoms with van der Waals surface area (Å²) in [5, 5.41) is 0. The van der Waals surface area contributed by atoms with Gasteiger partial charge in [0, 0.05) is 6.20 Å². The molecule has 0 fully saturated rings. The maximum Gasteiger partial charge on any atom is 0.261 e. The van der Waals surface area contributed by atoms with Gasteiger partial charge in [-0.1, -0.05) is 6.07 Å². The zero-order valence-corrected chi connectivity index (χ0v) is 11.9. The lowest BCUT2D eigenvalue weighted by Crippen LogP contribution is -2.14. The van der Waals surface area contributed by atoms with E-state index in [0.29, 0.717) is 10.6 Å². The number of rotatable bonds is 3. The zero-order chi connectivity index (χ0) is 14.0. The molecule has 104 valence electrons. The summed E-state index contributed by atoms with van der Waals surface area (Å²) in [4.78, 5) is 4.23. The molecule has 0 radical (unpaired) electrons. The number of nitrogens with zero attached hydrogens (tertiary/aromatic N) is 1. The fraction of sp³-hybridized carbons (Fsp3) is 0.267. The minimum absolute atomic E-state index is 0.321. The zero-order valence-electron chi connectivity index (χ0n) is 11.0. The molecule has 0 saturated carbocycles. The summed E-state index contributed by atoms with van der Waals surface area (Å²) in [5.74, 6) is 0. The van der Waals surface area contributed by atoms with Crippen molar-refractivity contribution >= 4 is 15.7 Å². The van der Waals surface area contributed by atoms with Gasteiger partial charge in [-0.25, -0.2) is 8.42 Å². The molecular weight excluding hydrogens is 272 g/mol. The number of nitrogens with one attached hydrogen (secondary N) is 1. The van der Waals surface area contributed by atoms with Gasteiger partial charge in [0.15, 0.2) is 0 Å². The van der Waals surface area contributed by atoms with E-state index >= 15 is 0 Å². The standard InChI is InChI=1S/C15H16N2O2S/c18-20(19,17-14-6-3-9-16-11-14)15-8-7-12-4-1-2-5-13(12)10-15/h3,6-11,17H,1-2,4-5H2. The van der Waals surface area contributed by atoms with E-state index in [-0.39, 0.29) is 0 Å². The Labute approximate surface area is 118 Å². The molecular formula is C15H16N2O2S. The minimum Gasteiger partial charge on any atom is -0.278 e. The predicted molar refractivity (Wildman–Crippen MR) is 78.1 cm³/mol. The number of anilines is 1. The van der Waals surface area contributed by atoms with Crippen LogP contribution in [-0.4, -0.2) is 13.4 Å². The molecule has 2 aromatic rings. The minimum atomic E-state index is -3.54. The van der Waals surface area contributed by atoms with Crippen LogP contribution >= 0.6 is 0 Å². The van der Waals surface area contributed by atoms with Crippen LogP contribution in [0.15, 0.2) is 47.6 Å². The Bertz CT molecular complexity index is 712. The van der Waals surface area contributed by atoms with E-state index in [1.54, 1.807) is 30.5 Å². The Morgan fingerprint density at radius 1 is 1.05 bits per heavy atom. The van der Waals surface area contributed by atoms with Crippen molar-refractivity contribution < 1.29 is 8.42 Å². The maximum absolute atomic E-state index is 12.3. The molecule has 1 N–H and O–H groups in total. The molecule has 0 saturated heterocycles. The summed E-state index contributed by atoms with van der Waals surface area (Å²) >= 11 is 0. The average Bonchev–Trinajstić information content (AvgIpc) is 2.47. The number of aromatic nitrogens is 1. The molecule has 0 amide bonds. The fourth-order valence-electron chi connectivity index (χ4n) is 2.51. The number of hydrogen-bond acceptors (Lipinski definition) is 3. The largest absolute Gasteiger partial charge is 0.278 e. The van der Waals surface area contributed by atoms with Crippen molar-refractivity contribution in [1.29, 1.82) is 0 Å². The van der Waals surface area contributed by atoms with E-state index in [0.717, 1.165) is 24.8 Å². The highest BCUT2D eigenvalue weighted by molar-refractivity contribution is 7.92. The molecule has 0 aliphatic heterocycles. The van der Waals surface area contributed by atoms with Crippen LogP contribution in [0.3, 0.4) is 0 Å². The van der Waals surface area contributed by atoms with E-state index in [1.165, 1.54) is 18.2 Å². The van der Waals surface area contributed by atoms with Gasteiger partial charge in [-0.3, -0.25) is 9.71 Å². The third-order valence-corrected chi connectivity index (χ3v) is 4.92. The lowest BCUT2D eigenvalue weighted by molar-refractivity contribution is 0.600. The van der Waals surface area contributed by atoms with Gasteiger partial charge in [0.05, 0.1) is 16.8 Å². The third-order valence-electron chi connectivity index (χ3n) is 3.54. The summed E-state index contributed by atoms with van der Waals surface area (Å²) in [6, 6.07) is 8.80. The van der Waals surface area contributed by atoms with Crippen LogP contribution in [0.25, 0.3) is 0 Å². The van der Waals surface area contributed by atoms with Crippen LogP contribution < -0.4 is 4.72 Å². The van der Waals surface area contributed by atoms with E-state index in [9.17, 15) is 8.42 Å². The number of sulfonamides is 1. The summed E-state index contributed by atoms with van der Waals surface area (Å²) in [6.45, 7) is 0. The number of pyridine rings is 1. The fourth-order valence-corrected chi connectivity index (χ4v) is 3.61. The normalized spacial score (nSPS) is 14.6. The Kier molecular flexibility index (Phi) is 3.44. The second-order valence-corrected chi connectivity index (χ2v) is 6.67. The van der Waals surface area contributed by atoms with Crippen molar-refractivity contribution in [3.63, 3.8) is 0 Å². The summed E-state index contributed by atoms with van der Waals surface area (Å²) in [5.41, 5.74) is 2.91. The van der Waals surface area contributed by atoms with Crippen molar-refractivity contribution in [2.45, 2.75) is 30.6 Å². The predicted octanol–water partition coefficient (Wildman–Crippen LogP) is 2.76. The molecule has 1 aromatic heterocycles. The maximum atomic E-state index is 12.3. The molecule has 0 atom stereocenters. The van der Waals surface area contributed by atoms with Crippen LogP contribution in [-0.2, 0) is 22.9 Å². The first kappa shape index (κ1) is 13.1. The number of aryl methyl sites for hydroxylation is 2. The topological polar surface area (TPSA) is 59.1 Å². The van der Waals surface area contributed by atoms with Gasteiger partial charge in [-0.05, 0) is 61.1 Å².